The van der Waals surface area contributed by atoms with Crippen molar-refractivity contribution in [1.82, 2.24) is 5.32 Å². The lowest BCUT2D eigenvalue weighted by Crippen LogP contribution is -2.35. The first-order chi connectivity index (χ1) is 11.5. The van der Waals surface area contributed by atoms with Crippen LogP contribution in [0.3, 0.4) is 0 Å². The third-order valence-corrected chi connectivity index (χ3v) is 3.77. The number of benzene rings is 1. The molecule has 0 aliphatic carbocycles. The Morgan fingerprint density at radius 1 is 1.29 bits per heavy atom. The van der Waals surface area contributed by atoms with Gasteiger partial charge in [-0.3, -0.25) is 4.79 Å². The van der Waals surface area contributed by atoms with Crippen molar-refractivity contribution in [2.75, 3.05) is 0 Å². The molecule has 1 amide bonds. The van der Waals surface area contributed by atoms with Crippen LogP contribution in [-0.4, -0.2) is 18.0 Å². The molecule has 1 unspecified atom stereocenters. The van der Waals surface area contributed by atoms with Gasteiger partial charge < -0.3 is 14.5 Å². The number of carbonyl (C=O) groups excluding carboxylic acids is 2. The summed E-state index contributed by atoms with van der Waals surface area (Å²) >= 11 is 11.7. The number of hydrogen-bond acceptors (Lipinski definition) is 4. The second kappa shape index (κ2) is 8.57. The summed E-state index contributed by atoms with van der Waals surface area (Å²) < 4.78 is 10.1. The van der Waals surface area contributed by atoms with Crippen molar-refractivity contribution in [3.8, 4) is 0 Å². The Bertz CT molecular complexity index is 741. The van der Waals surface area contributed by atoms with Crippen molar-refractivity contribution in [3.63, 3.8) is 0 Å². The van der Waals surface area contributed by atoms with Crippen LogP contribution in [0, 0.1) is 0 Å². The summed E-state index contributed by atoms with van der Waals surface area (Å²) in [5.41, 5.74) is 0.691. The molecule has 0 bridgehead atoms. The molecular weight excluding hydrogens is 353 g/mol. The van der Waals surface area contributed by atoms with E-state index in [0.29, 0.717) is 21.4 Å². The van der Waals surface area contributed by atoms with Crippen molar-refractivity contribution < 1.29 is 18.7 Å². The van der Waals surface area contributed by atoms with Crippen LogP contribution < -0.4 is 5.32 Å². The average Bonchev–Trinajstić information content (AvgIpc) is 3.07. The molecule has 0 radical (unpaired) electrons. The topological polar surface area (TPSA) is 68.5 Å². The Kier molecular flexibility index (Phi) is 6.46. The van der Waals surface area contributed by atoms with Gasteiger partial charge in [0.25, 0.3) is 5.91 Å². The minimum Gasteiger partial charge on any atom is -0.467 e. The highest BCUT2D eigenvalue weighted by molar-refractivity contribution is 6.42. The fourth-order valence-corrected chi connectivity index (χ4v) is 2.09. The van der Waals surface area contributed by atoms with Gasteiger partial charge in [0.2, 0.25) is 0 Å². The summed E-state index contributed by atoms with van der Waals surface area (Å²) in [6, 6.07) is 8.40. The molecule has 1 N–H and O–H groups in total. The first-order valence-electron chi connectivity index (χ1n) is 7.09. The van der Waals surface area contributed by atoms with Gasteiger partial charge in [0.15, 0.2) is 6.10 Å². The number of carbonyl (C=O) groups is 2. The van der Waals surface area contributed by atoms with Gasteiger partial charge in [0, 0.05) is 6.08 Å². The van der Waals surface area contributed by atoms with E-state index in [2.05, 4.69) is 5.32 Å². The van der Waals surface area contributed by atoms with Crippen molar-refractivity contribution in [2.24, 2.45) is 0 Å². The quantitative estimate of drug-likeness (QED) is 0.621. The molecule has 1 heterocycles. The molecule has 0 saturated carbocycles. The van der Waals surface area contributed by atoms with Gasteiger partial charge in [-0.25, -0.2) is 4.79 Å². The van der Waals surface area contributed by atoms with Crippen molar-refractivity contribution in [3.05, 3.63) is 64.0 Å². The van der Waals surface area contributed by atoms with Gasteiger partial charge in [-0.1, -0.05) is 29.3 Å². The second-order valence-electron chi connectivity index (χ2n) is 4.88. The van der Waals surface area contributed by atoms with Crippen LogP contribution in [0.1, 0.15) is 18.2 Å². The first-order valence-corrected chi connectivity index (χ1v) is 7.85. The molecule has 24 heavy (non-hydrogen) atoms. The van der Waals surface area contributed by atoms with Gasteiger partial charge in [-0.2, -0.15) is 0 Å². The van der Waals surface area contributed by atoms with Crippen molar-refractivity contribution in [2.45, 2.75) is 19.6 Å². The molecule has 2 rings (SSSR count). The van der Waals surface area contributed by atoms with E-state index in [1.165, 1.54) is 25.3 Å². The zero-order valence-electron chi connectivity index (χ0n) is 12.8. The molecule has 0 fully saturated rings. The Morgan fingerprint density at radius 3 is 2.75 bits per heavy atom. The molecule has 0 saturated heterocycles. The van der Waals surface area contributed by atoms with E-state index < -0.39 is 18.0 Å². The number of esters is 1. The summed E-state index contributed by atoms with van der Waals surface area (Å²) in [6.07, 6.45) is 3.33. The summed E-state index contributed by atoms with van der Waals surface area (Å²) in [6.45, 7) is 1.72. The van der Waals surface area contributed by atoms with Gasteiger partial charge in [-0.15, -0.1) is 0 Å². The zero-order valence-corrected chi connectivity index (χ0v) is 14.3. The summed E-state index contributed by atoms with van der Waals surface area (Å²) in [5, 5.41) is 3.43. The minimum absolute atomic E-state index is 0.229. The smallest absolute Gasteiger partial charge is 0.331 e. The largest absolute Gasteiger partial charge is 0.467 e. The molecule has 1 aromatic heterocycles. The molecule has 1 aromatic carbocycles. The molecule has 0 spiro atoms. The maximum Gasteiger partial charge on any atom is 0.331 e. The maximum absolute atomic E-state index is 11.8. The molecule has 1 atom stereocenters. The van der Waals surface area contributed by atoms with Crippen LogP contribution in [0.15, 0.2) is 47.1 Å². The predicted molar refractivity (Wildman–Crippen MR) is 91.6 cm³/mol. The van der Waals surface area contributed by atoms with Crippen LogP contribution in [0.5, 0.6) is 0 Å². The fourth-order valence-electron chi connectivity index (χ4n) is 1.78. The Balaban J connectivity index is 1.82. The SMILES string of the molecule is CC(OC(=O)/C=C/c1ccc(Cl)c(Cl)c1)C(=O)NCc1ccco1. The highest BCUT2D eigenvalue weighted by Crippen LogP contribution is 2.23. The Labute approximate surface area is 149 Å². The molecule has 2 aromatic rings. The lowest BCUT2D eigenvalue weighted by atomic mass is 10.2. The number of furan rings is 1. The lowest BCUT2D eigenvalue weighted by Gasteiger charge is -2.11. The van der Waals surface area contributed by atoms with Crippen molar-refractivity contribution in [1.29, 1.82) is 0 Å². The lowest BCUT2D eigenvalue weighted by molar-refractivity contribution is -0.150. The number of nitrogens with one attached hydrogen (secondary N) is 1. The molecule has 0 aliphatic rings. The van der Waals surface area contributed by atoms with E-state index in [1.807, 2.05) is 0 Å². The van der Waals surface area contributed by atoms with E-state index >= 15 is 0 Å². The average molecular weight is 368 g/mol. The van der Waals surface area contributed by atoms with Gasteiger partial charge >= 0.3 is 5.97 Å². The standard InChI is InChI=1S/C17H15Cl2NO4/c1-11(17(22)20-10-13-3-2-8-23-13)24-16(21)7-5-12-4-6-14(18)15(19)9-12/h2-9,11H,10H2,1H3,(H,20,22)/b7-5+. The van der Waals surface area contributed by atoms with E-state index in [4.69, 9.17) is 32.4 Å². The Morgan fingerprint density at radius 2 is 2.08 bits per heavy atom. The van der Waals surface area contributed by atoms with E-state index in [-0.39, 0.29) is 6.54 Å². The van der Waals surface area contributed by atoms with Gasteiger partial charge in [0.05, 0.1) is 22.9 Å². The number of ether oxygens (including phenoxy) is 1. The summed E-state index contributed by atoms with van der Waals surface area (Å²) in [7, 11) is 0. The van der Waals surface area contributed by atoms with Crippen LogP contribution in [0.25, 0.3) is 6.08 Å². The van der Waals surface area contributed by atoms with Gasteiger partial charge in [0.1, 0.15) is 5.76 Å². The second-order valence-corrected chi connectivity index (χ2v) is 5.70. The summed E-state index contributed by atoms with van der Waals surface area (Å²) in [4.78, 5) is 23.6. The number of rotatable bonds is 6. The van der Waals surface area contributed by atoms with Crippen molar-refractivity contribution >= 4 is 41.2 Å². The van der Waals surface area contributed by atoms with Crippen LogP contribution in [-0.2, 0) is 20.9 Å². The zero-order chi connectivity index (χ0) is 17.5. The fraction of sp³-hybridized carbons (Fsp3) is 0.176. The molecular formula is C17H15Cl2NO4. The Hall–Kier alpha value is -2.24. The number of hydrogen-bond donors (Lipinski definition) is 1. The van der Waals surface area contributed by atoms with Crippen LogP contribution >= 0.6 is 23.2 Å². The third-order valence-electron chi connectivity index (χ3n) is 3.03. The normalized spacial score (nSPS) is 12.1. The summed E-state index contributed by atoms with van der Waals surface area (Å²) in [5.74, 6) is -0.439. The molecule has 126 valence electrons. The molecule has 7 heteroatoms. The minimum atomic E-state index is -0.925. The van der Waals surface area contributed by atoms with Gasteiger partial charge in [-0.05, 0) is 42.8 Å². The highest BCUT2D eigenvalue weighted by atomic mass is 35.5. The maximum atomic E-state index is 11.8. The first kappa shape index (κ1) is 18.1. The van der Waals surface area contributed by atoms with Crippen LogP contribution in [0.4, 0.5) is 0 Å². The number of halogens is 2. The molecule has 0 aliphatic heterocycles. The molecule has 5 nitrogen and oxygen atoms in total. The van der Waals surface area contributed by atoms with E-state index in [1.54, 1.807) is 30.3 Å². The third kappa shape index (κ3) is 5.44. The predicted octanol–water partition coefficient (Wildman–Crippen LogP) is 3.85. The van der Waals surface area contributed by atoms with Crippen LogP contribution in [0.2, 0.25) is 10.0 Å². The monoisotopic (exact) mass is 367 g/mol. The highest BCUT2D eigenvalue weighted by Gasteiger charge is 2.16. The van der Waals surface area contributed by atoms with E-state index in [9.17, 15) is 9.59 Å². The van der Waals surface area contributed by atoms with E-state index in [0.717, 1.165) is 0 Å². The number of amides is 1.